The molecule has 1 rings (SSSR count). The predicted molar refractivity (Wildman–Crippen MR) is 183 cm³/mol. The first kappa shape index (κ1) is 45.1. The fourth-order valence-electron chi connectivity index (χ4n) is 5.77. The summed E-state index contributed by atoms with van der Waals surface area (Å²) in [6.07, 6.45) is 7.83. The zero-order chi connectivity index (χ0) is 36.0. The number of rotatable bonds is 28. The molecule has 0 aromatic carbocycles. The second-order valence-electron chi connectivity index (χ2n) is 13.3. The van der Waals surface area contributed by atoms with Crippen molar-refractivity contribution < 1.29 is 59.0 Å². The highest BCUT2D eigenvalue weighted by molar-refractivity contribution is 7.47. The second kappa shape index (κ2) is 25.9. The molecule has 1 amide bonds. The van der Waals surface area contributed by atoms with Gasteiger partial charge in [-0.05, 0) is 19.3 Å². The quantitative estimate of drug-likeness (QED) is 0.0323. The molecule has 284 valence electrons. The van der Waals surface area contributed by atoms with Crippen LogP contribution < -0.4 is 5.32 Å². The van der Waals surface area contributed by atoms with Crippen molar-refractivity contribution in [2.24, 2.45) is 0 Å². The van der Waals surface area contributed by atoms with Crippen molar-refractivity contribution in [1.29, 1.82) is 0 Å². The van der Waals surface area contributed by atoms with Crippen LogP contribution in [-0.4, -0.2) is 108 Å². The Hall–Kier alpha value is -0.960. The Kier molecular flexibility index (Phi) is 24.3. The van der Waals surface area contributed by atoms with Crippen LogP contribution in [0, 0.1) is 0 Å². The first-order valence-corrected chi connectivity index (χ1v) is 19.7. The molecule has 0 bridgehead atoms. The Morgan fingerprint density at radius 1 is 0.729 bits per heavy atom. The van der Waals surface area contributed by atoms with Crippen molar-refractivity contribution in [3.05, 3.63) is 12.2 Å². The van der Waals surface area contributed by atoms with Gasteiger partial charge in [-0.3, -0.25) is 13.8 Å². The highest BCUT2D eigenvalue weighted by Crippen LogP contribution is 2.47. The van der Waals surface area contributed by atoms with Crippen molar-refractivity contribution in [1.82, 2.24) is 5.32 Å². The summed E-state index contributed by atoms with van der Waals surface area (Å²) in [5.74, 6) is -0.599. The van der Waals surface area contributed by atoms with Crippen molar-refractivity contribution in [3.63, 3.8) is 0 Å². The minimum atomic E-state index is -5.12. The molecule has 0 spiro atoms. The number of aliphatic hydroxyl groups excluding tert-OH is 7. The summed E-state index contributed by atoms with van der Waals surface area (Å²) in [7, 11) is -5.12. The molecule has 48 heavy (non-hydrogen) atoms. The van der Waals surface area contributed by atoms with Gasteiger partial charge in [0.15, 0.2) is 0 Å². The van der Waals surface area contributed by atoms with Crippen molar-refractivity contribution in [2.45, 2.75) is 191 Å². The van der Waals surface area contributed by atoms with E-state index in [0.29, 0.717) is 12.8 Å². The van der Waals surface area contributed by atoms with E-state index in [4.69, 9.17) is 9.05 Å². The fraction of sp³-hybridized carbons (Fsp3) is 0.912. The SMILES string of the molecule is CCCCCCCCCC/C=C/C(O)C(COP(=O)(O)OC1C(O)C(O)C(O)C(O)C1O)NC(=O)CC(O)CCCCCCCCCC. The molecule has 13 nitrogen and oxygen atoms in total. The van der Waals surface area contributed by atoms with Gasteiger partial charge in [0, 0.05) is 0 Å². The minimum Gasteiger partial charge on any atom is -0.393 e. The Balaban J connectivity index is 2.72. The van der Waals surface area contributed by atoms with Gasteiger partial charge in [-0.25, -0.2) is 4.57 Å². The summed E-state index contributed by atoms with van der Waals surface area (Å²) >= 11 is 0. The van der Waals surface area contributed by atoms with Gasteiger partial charge in [0.1, 0.15) is 36.6 Å². The largest absolute Gasteiger partial charge is 0.472 e. The first-order valence-electron chi connectivity index (χ1n) is 18.2. The molecule has 1 aliphatic rings. The Morgan fingerprint density at radius 3 is 1.71 bits per heavy atom. The number of allylic oxidation sites excluding steroid dienone is 1. The molecular weight excluding hydrogens is 645 g/mol. The monoisotopic (exact) mass is 711 g/mol. The Bertz CT molecular complexity index is 895. The Morgan fingerprint density at radius 2 is 1.19 bits per heavy atom. The van der Waals surface area contributed by atoms with Crippen molar-refractivity contribution in [3.8, 4) is 0 Å². The number of carbonyl (C=O) groups excluding carboxylic acids is 1. The van der Waals surface area contributed by atoms with E-state index in [1.807, 2.05) is 0 Å². The average molecular weight is 712 g/mol. The molecular formula is C34H66NO12P. The van der Waals surface area contributed by atoms with Gasteiger partial charge in [-0.2, -0.15) is 0 Å². The van der Waals surface area contributed by atoms with Crippen molar-refractivity contribution >= 4 is 13.7 Å². The lowest BCUT2D eigenvalue weighted by molar-refractivity contribution is -0.220. The number of amides is 1. The first-order chi connectivity index (χ1) is 22.8. The maximum absolute atomic E-state index is 12.8. The number of hydrogen-bond donors (Lipinski definition) is 9. The standard InChI is InChI=1S/C34H66NO12P/c1-3-5-7-9-11-13-14-16-18-20-22-27(37)26(35-28(38)23-25(36)21-19-17-15-12-10-8-6-4-2)24-46-48(44,45)47-34-32(42)30(40)29(39)31(41)33(34)43/h20,22,25-27,29-34,36-37,39-43H,3-19,21,23-24H2,1-2H3,(H,35,38)(H,44,45)/b22-20+. The molecule has 0 aliphatic heterocycles. The number of phosphoric acid groups is 1. The smallest absolute Gasteiger partial charge is 0.393 e. The topological polar surface area (TPSA) is 226 Å². The normalized spacial score (nSPS) is 26.3. The van der Waals surface area contributed by atoms with Gasteiger partial charge < -0.3 is 46.0 Å². The zero-order valence-electron chi connectivity index (χ0n) is 29.2. The lowest BCUT2D eigenvalue weighted by Gasteiger charge is -2.41. The van der Waals surface area contributed by atoms with Gasteiger partial charge in [-0.15, -0.1) is 0 Å². The van der Waals surface area contributed by atoms with Crippen LogP contribution in [-0.2, 0) is 18.4 Å². The molecule has 0 saturated heterocycles. The minimum absolute atomic E-state index is 0.243. The van der Waals surface area contributed by atoms with Crippen LogP contribution in [0.1, 0.15) is 136 Å². The summed E-state index contributed by atoms with van der Waals surface area (Å²) in [6, 6.07) is -1.23. The fourth-order valence-corrected chi connectivity index (χ4v) is 6.73. The molecule has 0 heterocycles. The van der Waals surface area contributed by atoms with E-state index in [1.54, 1.807) is 6.08 Å². The molecule has 9 N–H and O–H groups in total. The van der Waals surface area contributed by atoms with Gasteiger partial charge in [-0.1, -0.05) is 122 Å². The van der Waals surface area contributed by atoms with Crippen LogP contribution in [0.2, 0.25) is 0 Å². The van der Waals surface area contributed by atoms with Crippen molar-refractivity contribution in [2.75, 3.05) is 6.61 Å². The van der Waals surface area contributed by atoms with E-state index in [-0.39, 0.29) is 6.42 Å². The third-order valence-corrected chi connectivity index (χ3v) is 9.86. The van der Waals surface area contributed by atoms with Crippen LogP contribution >= 0.6 is 7.82 Å². The number of nitrogens with one attached hydrogen (secondary N) is 1. The van der Waals surface area contributed by atoms with Gasteiger partial charge in [0.25, 0.3) is 0 Å². The molecule has 1 aliphatic carbocycles. The van der Waals surface area contributed by atoms with Crippen LogP contribution in [0.25, 0.3) is 0 Å². The second-order valence-corrected chi connectivity index (χ2v) is 14.7. The third kappa shape index (κ3) is 18.9. The summed E-state index contributed by atoms with van der Waals surface area (Å²) in [4.78, 5) is 23.1. The molecule has 0 aromatic heterocycles. The van der Waals surface area contributed by atoms with Crippen LogP contribution in [0.4, 0.5) is 0 Å². The van der Waals surface area contributed by atoms with E-state index < -0.39 is 75.2 Å². The third-order valence-electron chi connectivity index (χ3n) is 8.87. The van der Waals surface area contributed by atoms with Crippen LogP contribution in [0.3, 0.4) is 0 Å². The number of carbonyl (C=O) groups is 1. The van der Waals surface area contributed by atoms with Gasteiger partial charge in [0.05, 0.1) is 31.3 Å². The maximum Gasteiger partial charge on any atom is 0.472 e. The molecule has 0 radical (unpaired) electrons. The predicted octanol–water partition coefficient (Wildman–Crippen LogP) is 3.52. The van der Waals surface area contributed by atoms with E-state index in [0.717, 1.165) is 44.9 Å². The number of aliphatic hydroxyl groups is 7. The molecule has 8 atom stereocenters. The van der Waals surface area contributed by atoms with Gasteiger partial charge >= 0.3 is 7.82 Å². The number of hydrogen-bond acceptors (Lipinski definition) is 11. The summed E-state index contributed by atoms with van der Waals surface area (Å²) in [5, 5.41) is 73.7. The molecule has 1 saturated carbocycles. The zero-order valence-corrected chi connectivity index (χ0v) is 30.0. The van der Waals surface area contributed by atoms with Gasteiger partial charge in [0.2, 0.25) is 5.91 Å². The van der Waals surface area contributed by atoms with Crippen LogP contribution in [0.5, 0.6) is 0 Å². The van der Waals surface area contributed by atoms with E-state index in [1.165, 1.54) is 63.9 Å². The summed E-state index contributed by atoms with van der Waals surface area (Å²) in [5.41, 5.74) is 0. The Labute approximate surface area is 287 Å². The molecule has 0 aromatic rings. The van der Waals surface area contributed by atoms with E-state index in [2.05, 4.69) is 19.2 Å². The van der Waals surface area contributed by atoms with E-state index >= 15 is 0 Å². The number of phosphoric ester groups is 1. The molecule has 1 fully saturated rings. The highest BCUT2D eigenvalue weighted by Gasteiger charge is 2.51. The summed E-state index contributed by atoms with van der Waals surface area (Å²) < 4.78 is 22.6. The molecule has 14 heteroatoms. The lowest BCUT2D eigenvalue weighted by atomic mass is 9.85. The average Bonchev–Trinajstić information content (AvgIpc) is 3.05. The highest BCUT2D eigenvalue weighted by atomic mass is 31.2. The number of unbranched alkanes of at least 4 members (excludes halogenated alkanes) is 15. The van der Waals surface area contributed by atoms with Crippen LogP contribution in [0.15, 0.2) is 12.2 Å². The summed E-state index contributed by atoms with van der Waals surface area (Å²) in [6.45, 7) is 3.62. The lowest BCUT2D eigenvalue weighted by Crippen LogP contribution is -2.64. The van der Waals surface area contributed by atoms with E-state index in [9.17, 15) is 50.0 Å². The maximum atomic E-state index is 12.8. The molecule has 8 unspecified atom stereocenters.